The Balaban J connectivity index is 1.55. The molecular formula is C28H33N3O5S. The lowest BCUT2D eigenvalue weighted by molar-refractivity contribution is 0.102. The zero-order chi connectivity index (χ0) is 26.4. The molecule has 0 spiro atoms. The lowest BCUT2D eigenvalue weighted by Gasteiger charge is -2.22. The number of amides is 1. The molecule has 1 saturated heterocycles. The summed E-state index contributed by atoms with van der Waals surface area (Å²) in [5.41, 5.74) is 3.38. The smallest absolute Gasteiger partial charge is 0.255 e. The van der Waals surface area contributed by atoms with E-state index in [2.05, 4.69) is 14.9 Å². The number of methoxy groups -OCH3 is 2. The zero-order valence-electron chi connectivity index (χ0n) is 21.4. The summed E-state index contributed by atoms with van der Waals surface area (Å²) in [5.74, 6) is 0.930. The van der Waals surface area contributed by atoms with Crippen LogP contribution >= 0.6 is 0 Å². The van der Waals surface area contributed by atoms with Gasteiger partial charge in [0.1, 0.15) is 4.90 Å². The second kappa shape index (κ2) is 11.7. The molecule has 1 aliphatic rings. The number of carbonyl (C=O) groups excluding carboxylic acids is 1. The van der Waals surface area contributed by atoms with Crippen molar-refractivity contribution in [3.8, 4) is 11.5 Å². The fourth-order valence-electron chi connectivity index (χ4n) is 4.50. The summed E-state index contributed by atoms with van der Waals surface area (Å²) in [6, 6.07) is 17.9. The predicted octanol–water partition coefficient (Wildman–Crippen LogP) is 4.39. The Morgan fingerprint density at radius 1 is 0.946 bits per heavy atom. The van der Waals surface area contributed by atoms with E-state index < -0.39 is 10.0 Å². The first kappa shape index (κ1) is 26.5. The number of rotatable bonds is 10. The molecule has 1 heterocycles. The number of ether oxygens (including phenoxy) is 2. The van der Waals surface area contributed by atoms with Gasteiger partial charge in [-0.3, -0.25) is 4.79 Å². The maximum absolute atomic E-state index is 13.5. The van der Waals surface area contributed by atoms with Gasteiger partial charge in [-0.05, 0) is 73.7 Å². The van der Waals surface area contributed by atoms with E-state index in [1.165, 1.54) is 0 Å². The number of nitrogens with zero attached hydrogens (tertiary/aromatic N) is 1. The van der Waals surface area contributed by atoms with Gasteiger partial charge in [-0.15, -0.1) is 0 Å². The molecule has 1 fully saturated rings. The van der Waals surface area contributed by atoms with Gasteiger partial charge in [0.25, 0.3) is 5.91 Å². The minimum atomic E-state index is -3.86. The molecule has 0 atom stereocenters. The van der Waals surface area contributed by atoms with Gasteiger partial charge < -0.3 is 19.7 Å². The van der Waals surface area contributed by atoms with Crippen LogP contribution in [-0.2, 0) is 16.4 Å². The molecule has 0 aliphatic carbocycles. The molecule has 0 aromatic heterocycles. The van der Waals surface area contributed by atoms with Crippen LogP contribution in [0, 0.1) is 6.92 Å². The summed E-state index contributed by atoms with van der Waals surface area (Å²) in [4.78, 5) is 15.1. The second-order valence-corrected chi connectivity index (χ2v) is 10.7. The van der Waals surface area contributed by atoms with Gasteiger partial charge in [0.15, 0.2) is 11.5 Å². The molecule has 0 unspecified atom stereocenters. The predicted molar refractivity (Wildman–Crippen MR) is 145 cm³/mol. The summed E-state index contributed by atoms with van der Waals surface area (Å²) >= 11 is 0. The number of aryl methyl sites for hydroxylation is 1. The number of hydrogen-bond acceptors (Lipinski definition) is 6. The highest BCUT2D eigenvalue weighted by molar-refractivity contribution is 7.89. The van der Waals surface area contributed by atoms with Crippen LogP contribution in [0.15, 0.2) is 65.6 Å². The van der Waals surface area contributed by atoms with Crippen molar-refractivity contribution in [1.82, 2.24) is 4.72 Å². The third-order valence-electron chi connectivity index (χ3n) is 6.50. The molecule has 0 radical (unpaired) electrons. The van der Waals surface area contributed by atoms with Crippen LogP contribution in [0.3, 0.4) is 0 Å². The van der Waals surface area contributed by atoms with Gasteiger partial charge >= 0.3 is 0 Å². The van der Waals surface area contributed by atoms with Gasteiger partial charge in [0, 0.05) is 30.9 Å². The van der Waals surface area contributed by atoms with Crippen LogP contribution in [0.25, 0.3) is 0 Å². The van der Waals surface area contributed by atoms with E-state index in [0.717, 1.165) is 37.1 Å². The Morgan fingerprint density at radius 3 is 2.38 bits per heavy atom. The van der Waals surface area contributed by atoms with Crippen LogP contribution in [0.5, 0.6) is 11.5 Å². The van der Waals surface area contributed by atoms with E-state index in [0.29, 0.717) is 34.9 Å². The third kappa shape index (κ3) is 6.23. The SMILES string of the molecule is COc1ccc(CCNS(=O)(=O)c2cc(NC(=O)c3ccccc3C)ccc2N2CCCC2)cc1OC. The number of anilines is 2. The number of carbonyl (C=O) groups is 1. The van der Waals surface area contributed by atoms with E-state index >= 15 is 0 Å². The summed E-state index contributed by atoms with van der Waals surface area (Å²) < 4.78 is 40.3. The quantitative estimate of drug-likeness (QED) is 0.409. The molecule has 0 saturated carbocycles. The molecule has 196 valence electrons. The average Bonchev–Trinajstić information content (AvgIpc) is 3.43. The molecule has 1 aliphatic heterocycles. The topological polar surface area (TPSA) is 97.0 Å². The lowest BCUT2D eigenvalue weighted by atomic mass is 10.1. The Hall–Kier alpha value is -3.56. The Labute approximate surface area is 218 Å². The van der Waals surface area contributed by atoms with Crippen molar-refractivity contribution in [3.63, 3.8) is 0 Å². The van der Waals surface area contributed by atoms with Crippen molar-refractivity contribution in [3.05, 3.63) is 77.4 Å². The molecule has 0 bridgehead atoms. The third-order valence-corrected chi connectivity index (χ3v) is 7.99. The molecule has 1 amide bonds. The highest BCUT2D eigenvalue weighted by atomic mass is 32.2. The minimum absolute atomic E-state index is 0.157. The maximum atomic E-state index is 13.5. The molecule has 3 aromatic carbocycles. The van der Waals surface area contributed by atoms with Gasteiger partial charge in [-0.1, -0.05) is 24.3 Å². The van der Waals surface area contributed by atoms with E-state index in [4.69, 9.17) is 9.47 Å². The highest BCUT2D eigenvalue weighted by Crippen LogP contribution is 2.31. The summed E-state index contributed by atoms with van der Waals surface area (Å²) in [7, 11) is -0.722. The second-order valence-electron chi connectivity index (χ2n) is 8.98. The van der Waals surface area contributed by atoms with Gasteiger partial charge in [0.05, 0.1) is 19.9 Å². The van der Waals surface area contributed by atoms with Crippen molar-refractivity contribution in [2.24, 2.45) is 0 Å². The molecule has 9 heteroatoms. The molecule has 2 N–H and O–H groups in total. The summed E-state index contributed by atoms with van der Waals surface area (Å²) in [6.45, 7) is 3.66. The van der Waals surface area contributed by atoms with Crippen LogP contribution in [0.4, 0.5) is 11.4 Å². The van der Waals surface area contributed by atoms with Crippen molar-refractivity contribution in [2.45, 2.75) is 31.1 Å². The van der Waals surface area contributed by atoms with E-state index in [9.17, 15) is 13.2 Å². The summed E-state index contributed by atoms with van der Waals surface area (Å²) in [6.07, 6.45) is 2.50. The molecule has 3 aromatic rings. The van der Waals surface area contributed by atoms with Crippen LogP contribution in [0.1, 0.15) is 34.3 Å². The molecular weight excluding hydrogens is 490 g/mol. The van der Waals surface area contributed by atoms with E-state index in [1.807, 2.05) is 31.2 Å². The average molecular weight is 524 g/mol. The van der Waals surface area contributed by atoms with Crippen molar-refractivity contribution in [2.75, 3.05) is 44.1 Å². The van der Waals surface area contributed by atoms with Crippen molar-refractivity contribution < 1.29 is 22.7 Å². The fourth-order valence-corrected chi connectivity index (χ4v) is 5.78. The lowest BCUT2D eigenvalue weighted by Crippen LogP contribution is -2.29. The van der Waals surface area contributed by atoms with Gasteiger partial charge in [0.2, 0.25) is 10.0 Å². The fraction of sp³-hybridized carbons (Fsp3) is 0.321. The maximum Gasteiger partial charge on any atom is 0.255 e. The van der Waals surface area contributed by atoms with Gasteiger partial charge in [-0.25, -0.2) is 13.1 Å². The number of sulfonamides is 1. The largest absolute Gasteiger partial charge is 0.493 e. The van der Waals surface area contributed by atoms with Crippen LogP contribution in [-0.4, -0.2) is 48.2 Å². The molecule has 8 nitrogen and oxygen atoms in total. The Bertz CT molecular complexity index is 1370. The zero-order valence-corrected chi connectivity index (χ0v) is 22.2. The molecule has 37 heavy (non-hydrogen) atoms. The normalized spacial score (nSPS) is 13.4. The Morgan fingerprint density at radius 2 is 1.68 bits per heavy atom. The van der Waals surface area contributed by atoms with E-state index in [1.54, 1.807) is 50.6 Å². The van der Waals surface area contributed by atoms with Gasteiger partial charge in [-0.2, -0.15) is 0 Å². The summed E-state index contributed by atoms with van der Waals surface area (Å²) in [5, 5.41) is 2.86. The Kier molecular flexibility index (Phi) is 8.35. The first-order valence-electron chi connectivity index (χ1n) is 12.3. The van der Waals surface area contributed by atoms with Crippen LogP contribution in [0.2, 0.25) is 0 Å². The van der Waals surface area contributed by atoms with E-state index in [-0.39, 0.29) is 17.3 Å². The monoisotopic (exact) mass is 523 g/mol. The van der Waals surface area contributed by atoms with Crippen molar-refractivity contribution >= 4 is 27.3 Å². The number of nitrogens with one attached hydrogen (secondary N) is 2. The first-order chi connectivity index (χ1) is 17.8. The first-order valence-corrected chi connectivity index (χ1v) is 13.8. The van der Waals surface area contributed by atoms with Crippen LogP contribution < -0.4 is 24.4 Å². The number of benzene rings is 3. The van der Waals surface area contributed by atoms with Crippen molar-refractivity contribution in [1.29, 1.82) is 0 Å². The molecule has 4 rings (SSSR count). The highest BCUT2D eigenvalue weighted by Gasteiger charge is 2.25. The standard InChI is InChI=1S/C28H33N3O5S/c1-20-8-4-5-9-23(20)28(32)30-22-11-12-24(31-16-6-7-17-31)27(19-22)37(33,34)29-15-14-21-10-13-25(35-2)26(18-21)36-3/h4-5,8-13,18-19,29H,6-7,14-17H2,1-3H3,(H,30,32). The minimum Gasteiger partial charge on any atom is -0.493 e. The number of hydrogen-bond donors (Lipinski definition) is 2.